The largest absolute Gasteiger partial charge is 0.426 e. The maximum atomic E-state index is 13.5. The van der Waals surface area contributed by atoms with Gasteiger partial charge < -0.3 is 25.2 Å². The number of hydrogen-bond donors (Lipinski definition) is 3. The second kappa shape index (κ2) is 10.7. The molecule has 2 fully saturated rings. The number of benzene rings is 1. The molecule has 204 valence electrons. The highest BCUT2D eigenvalue weighted by atomic mass is 16.7. The Bertz CT molecular complexity index is 1460. The van der Waals surface area contributed by atoms with Gasteiger partial charge in [-0.05, 0) is 62.8 Å². The summed E-state index contributed by atoms with van der Waals surface area (Å²) in [6, 6.07) is 5.27. The average molecular weight is 537 g/mol. The Morgan fingerprint density at radius 2 is 1.90 bits per heavy atom. The third kappa shape index (κ3) is 5.67. The highest BCUT2D eigenvalue weighted by Gasteiger charge is 2.40. The Morgan fingerprint density at radius 3 is 2.59 bits per heavy atom. The molecule has 0 atom stereocenters. The Balaban J connectivity index is 1.40. The number of carbonyl (C=O) groups excluding carboxylic acids is 4. The van der Waals surface area contributed by atoms with Crippen LogP contribution >= 0.6 is 0 Å². The monoisotopic (exact) mass is 536 g/mol. The van der Waals surface area contributed by atoms with E-state index in [1.54, 1.807) is 19.1 Å². The van der Waals surface area contributed by atoms with Gasteiger partial charge in [-0.3, -0.25) is 9.59 Å². The summed E-state index contributed by atoms with van der Waals surface area (Å²) < 4.78 is 11.0. The first-order chi connectivity index (χ1) is 18.8. The van der Waals surface area contributed by atoms with Crippen molar-refractivity contribution in [1.82, 2.24) is 24.8 Å². The van der Waals surface area contributed by atoms with Crippen molar-refractivity contribution in [3.8, 4) is 0 Å². The second-order valence-electron chi connectivity index (χ2n) is 9.58. The lowest BCUT2D eigenvalue weighted by atomic mass is 10.1. The smallest absolute Gasteiger partial charge is 0.419 e. The van der Waals surface area contributed by atoms with Crippen LogP contribution in [0, 0.1) is 13.8 Å². The minimum atomic E-state index is -0.954. The molecular formula is C26H28N6O7. The molecule has 2 aliphatic carbocycles. The number of rotatable bonds is 9. The summed E-state index contributed by atoms with van der Waals surface area (Å²) in [7, 11) is 0. The standard InChI is InChI=1S/C26H28N6O7/c1-14-3-4-16(24(35)29-17-5-6-17)9-20(14)30-23-22-15(2)19(10-31(22)28-12-27-23)25(36)32(18-7-8-18)26(37)39-13-38-21(34)11-33/h3-4,9-10,12,17-18,33H,5-8,11,13H2,1-2H3,(H,29,35)(H,27,28,30). The number of carbonyl (C=O) groups is 4. The van der Waals surface area contributed by atoms with E-state index in [4.69, 9.17) is 9.84 Å². The molecular weight excluding hydrogens is 508 g/mol. The minimum Gasteiger partial charge on any atom is -0.426 e. The summed E-state index contributed by atoms with van der Waals surface area (Å²) >= 11 is 0. The third-order valence-electron chi connectivity index (χ3n) is 6.58. The van der Waals surface area contributed by atoms with Crippen LogP contribution in [0.2, 0.25) is 0 Å². The number of anilines is 2. The molecule has 0 saturated heterocycles. The maximum Gasteiger partial charge on any atom is 0.419 e. The Hall–Kier alpha value is -4.52. The van der Waals surface area contributed by atoms with Crippen LogP contribution < -0.4 is 10.6 Å². The molecule has 0 radical (unpaired) electrons. The van der Waals surface area contributed by atoms with Crippen molar-refractivity contribution in [2.45, 2.75) is 51.6 Å². The SMILES string of the molecule is Cc1ccc(C(=O)NC2CC2)cc1Nc1ncnn2cc(C(=O)N(C(=O)OCOC(=O)CO)C3CC3)c(C)c12. The number of aryl methyl sites for hydroxylation is 2. The van der Waals surface area contributed by atoms with Gasteiger partial charge in [0.05, 0.1) is 5.56 Å². The van der Waals surface area contributed by atoms with E-state index in [-0.39, 0.29) is 23.6 Å². The van der Waals surface area contributed by atoms with Gasteiger partial charge >= 0.3 is 12.1 Å². The number of ether oxygens (including phenoxy) is 2. The Labute approximate surface area is 223 Å². The predicted molar refractivity (Wildman–Crippen MR) is 136 cm³/mol. The van der Waals surface area contributed by atoms with Crippen LogP contribution in [0.15, 0.2) is 30.7 Å². The van der Waals surface area contributed by atoms with Crippen molar-refractivity contribution in [1.29, 1.82) is 0 Å². The first-order valence-electron chi connectivity index (χ1n) is 12.5. The number of esters is 1. The molecule has 39 heavy (non-hydrogen) atoms. The first-order valence-corrected chi connectivity index (χ1v) is 12.5. The summed E-state index contributed by atoms with van der Waals surface area (Å²) in [6.07, 6.45) is 5.13. The second-order valence-corrected chi connectivity index (χ2v) is 9.58. The van der Waals surface area contributed by atoms with Crippen molar-refractivity contribution in [2.75, 3.05) is 18.7 Å². The van der Waals surface area contributed by atoms with Gasteiger partial charge in [0, 0.05) is 29.5 Å². The Kier molecular flexibility index (Phi) is 7.15. The number of aliphatic hydroxyl groups excluding tert-OH is 1. The van der Waals surface area contributed by atoms with E-state index in [9.17, 15) is 19.2 Å². The molecule has 3 aromatic rings. The predicted octanol–water partition coefficient (Wildman–Crippen LogP) is 2.22. The van der Waals surface area contributed by atoms with E-state index in [0.717, 1.165) is 23.3 Å². The Morgan fingerprint density at radius 1 is 1.13 bits per heavy atom. The highest BCUT2D eigenvalue weighted by Crippen LogP contribution is 2.32. The van der Waals surface area contributed by atoms with Gasteiger partial charge in [-0.25, -0.2) is 24.0 Å². The quantitative estimate of drug-likeness (QED) is 0.273. The number of nitrogens with zero attached hydrogens (tertiary/aromatic N) is 4. The van der Waals surface area contributed by atoms with Crippen molar-refractivity contribution in [3.63, 3.8) is 0 Å². The number of aliphatic hydroxyl groups is 1. The number of amides is 3. The lowest BCUT2D eigenvalue weighted by molar-refractivity contribution is -0.155. The molecule has 0 unspecified atom stereocenters. The lowest BCUT2D eigenvalue weighted by Gasteiger charge is -2.19. The van der Waals surface area contributed by atoms with Gasteiger partial charge in [-0.1, -0.05) is 6.07 Å². The van der Waals surface area contributed by atoms with Crippen LogP contribution in [0.25, 0.3) is 5.52 Å². The molecule has 0 aliphatic heterocycles. The van der Waals surface area contributed by atoms with Gasteiger partial charge in [0.1, 0.15) is 18.5 Å². The van der Waals surface area contributed by atoms with Crippen LogP contribution in [-0.2, 0) is 14.3 Å². The van der Waals surface area contributed by atoms with Crippen LogP contribution in [0.5, 0.6) is 0 Å². The fourth-order valence-corrected chi connectivity index (χ4v) is 4.11. The fourth-order valence-electron chi connectivity index (χ4n) is 4.11. The van der Waals surface area contributed by atoms with Gasteiger partial charge in [0.15, 0.2) is 5.82 Å². The van der Waals surface area contributed by atoms with Crippen molar-refractivity contribution >= 4 is 40.9 Å². The summed E-state index contributed by atoms with van der Waals surface area (Å²) in [4.78, 5) is 55.2. The number of imide groups is 1. The lowest BCUT2D eigenvalue weighted by Crippen LogP contribution is -2.39. The van der Waals surface area contributed by atoms with Crippen LogP contribution in [0.3, 0.4) is 0 Å². The van der Waals surface area contributed by atoms with Gasteiger partial charge in [-0.15, -0.1) is 0 Å². The normalized spacial score (nSPS) is 14.5. The summed E-state index contributed by atoms with van der Waals surface area (Å²) in [5.41, 5.74) is 3.37. The van der Waals surface area contributed by atoms with E-state index in [2.05, 4.69) is 25.5 Å². The number of fused-ring (bicyclic) bond motifs is 1. The molecule has 1 aromatic carbocycles. The van der Waals surface area contributed by atoms with Crippen LogP contribution in [0.4, 0.5) is 16.3 Å². The number of nitrogens with one attached hydrogen (secondary N) is 2. The molecule has 13 nitrogen and oxygen atoms in total. The van der Waals surface area contributed by atoms with Crippen molar-refractivity contribution < 1.29 is 33.8 Å². The third-order valence-corrected chi connectivity index (χ3v) is 6.58. The van der Waals surface area contributed by atoms with E-state index in [1.807, 2.05) is 13.0 Å². The summed E-state index contributed by atoms with van der Waals surface area (Å²) in [6.45, 7) is 2.05. The molecule has 2 saturated carbocycles. The zero-order valence-corrected chi connectivity index (χ0v) is 21.5. The first kappa shape index (κ1) is 26.1. The molecule has 0 spiro atoms. The van der Waals surface area contributed by atoms with Crippen LogP contribution in [-0.4, -0.2) is 74.0 Å². The van der Waals surface area contributed by atoms with Crippen molar-refractivity contribution in [3.05, 3.63) is 53.0 Å². The molecule has 2 aromatic heterocycles. The van der Waals surface area contributed by atoms with E-state index in [0.29, 0.717) is 41.0 Å². The maximum absolute atomic E-state index is 13.5. The highest BCUT2D eigenvalue weighted by molar-refractivity contribution is 6.06. The molecule has 2 aliphatic rings. The number of aromatic nitrogens is 3. The summed E-state index contributed by atoms with van der Waals surface area (Å²) in [5, 5.41) is 19.2. The summed E-state index contributed by atoms with van der Waals surface area (Å²) in [5.74, 6) is -1.26. The van der Waals surface area contributed by atoms with Crippen LogP contribution in [0.1, 0.15) is 57.5 Å². The average Bonchev–Trinajstić information content (AvgIpc) is 3.85. The molecule has 5 rings (SSSR count). The fraction of sp³-hybridized carbons (Fsp3) is 0.385. The molecule has 0 bridgehead atoms. The molecule has 3 N–H and O–H groups in total. The van der Waals surface area contributed by atoms with Gasteiger partial charge in [-0.2, -0.15) is 5.10 Å². The van der Waals surface area contributed by atoms with E-state index < -0.39 is 31.4 Å². The molecule has 2 heterocycles. The van der Waals surface area contributed by atoms with Crippen molar-refractivity contribution in [2.24, 2.45) is 0 Å². The molecule has 13 heteroatoms. The van der Waals surface area contributed by atoms with E-state index >= 15 is 0 Å². The van der Waals surface area contributed by atoms with Gasteiger partial charge in [0.2, 0.25) is 6.79 Å². The zero-order valence-electron chi connectivity index (χ0n) is 21.5. The van der Waals surface area contributed by atoms with E-state index in [1.165, 1.54) is 17.0 Å². The van der Waals surface area contributed by atoms with Gasteiger partial charge in [0.25, 0.3) is 11.8 Å². The zero-order chi connectivity index (χ0) is 27.7. The number of hydrogen-bond acceptors (Lipinski definition) is 10. The topological polar surface area (TPSA) is 164 Å². The minimum absolute atomic E-state index is 0.140. The molecule has 3 amide bonds.